The Balaban J connectivity index is 2.39. The lowest BCUT2D eigenvalue weighted by Gasteiger charge is -2.11. The van der Waals surface area contributed by atoms with E-state index in [4.69, 9.17) is 4.74 Å². The number of aliphatic hydroxyl groups is 1. The van der Waals surface area contributed by atoms with Gasteiger partial charge in [0.1, 0.15) is 6.61 Å². The summed E-state index contributed by atoms with van der Waals surface area (Å²) in [6.45, 7) is 0.141. The van der Waals surface area contributed by atoms with Gasteiger partial charge >= 0.3 is 0 Å². The number of ether oxygens (including phenoxy) is 1. The van der Waals surface area contributed by atoms with Gasteiger partial charge in [-0.25, -0.2) is 0 Å². The highest BCUT2D eigenvalue weighted by Gasteiger charge is 2.30. The normalized spacial score (nSPS) is 30.7. The third-order valence-electron chi connectivity index (χ3n) is 2.18. The molecule has 0 amide bonds. The molecule has 0 aliphatic heterocycles. The number of aliphatic hydroxyl groups excluding tert-OH is 1. The average Bonchev–Trinajstić information content (AvgIpc) is 2.36. The number of hydrogen-bond acceptors (Lipinski definition) is 3. The molecule has 0 aromatic carbocycles. The van der Waals surface area contributed by atoms with Gasteiger partial charge in [-0.3, -0.25) is 4.79 Å². The molecule has 2 atom stereocenters. The first-order chi connectivity index (χ1) is 5.25. The topological polar surface area (TPSA) is 46.5 Å². The van der Waals surface area contributed by atoms with E-state index >= 15 is 0 Å². The Labute approximate surface area is 66.4 Å². The molecule has 0 bridgehead atoms. The molecule has 0 aromatic heterocycles. The van der Waals surface area contributed by atoms with Gasteiger partial charge < -0.3 is 9.84 Å². The summed E-state index contributed by atoms with van der Waals surface area (Å²) in [6, 6.07) is 0. The molecule has 1 saturated carbocycles. The Hall–Kier alpha value is -0.410. The van der Waals surface area contributed by atoms with Crippen LogP contribution in [0, 0.1) is 5.92 Å². The maximum atomic E-state index is 11.2. The Morgan fingerprint density at radius 2 is 2.36 bits per heavy atom. The molecule has 0 heterocycles. The zero-order chi connectivity index (χ0) is 8.27. The lowest BCUT2D eigenvalue weighted by Crippen LogP contribution is -2.25. The van der Waals surface area contributed by atoms with Crippen molar-refractivity contribution in [3.63, 3.8) is 0 Å². The van der Waals surface area contributed by atoms with E-state index in [1.165, 1.54) is 7.11 Å². The van der Waals surface area contributed by atoms with Gasteiger partial charge in [0.15, 0.2) is 5.78 Å². The first-order valence-corrected chi connectivity index (χ1v) is 3.95. The predicted molar refractivity (Wildman–Crippen MR) is 40.2 cm³/mol. The van der Waals surface area contributed by atoms with Crippen molar-refractivity contribution in [2.75, 3.05) is 13.7 Å². The summed E-state index contributed by atoms with van der Waals surface area (Å²) in [7, 11) is 1.50. The largest absolute Gasteiger partial charge is 0.392 e. The molecule has 0 unspecified atom stereocenters. The molecular weight excluding hydrogens is 144 g/mol. The van der Waals surface area contributed by atoms with Crippen LogP contribution in [0.2, 0.25) is 0 Å². The van der Waals surface area contributed by atoms with Gasteiger partial charge in [-0.15, -0.1) is 0 Å². The number of hydrogen-bond donors (Lipinski definition) is 1. The predicted octanol–water partition coefficient (Wildman–Crippen LogP) is 0.363. The molecule has 1 N–H and O–H groups in total. The number of rotatable bonds is 3. The maximum absolute atomic E-state index is 11.2. The highest BCUT2D eigenvalue weighted by Crippen LogP contribution is 2.26. The molecule has 3 nitrogen and oxygen atoms in total. The number of Topliss-reactive ketones (excluding diaryl/α,β-unsaturated/α-hetero) is 1. The van der Waals surface area contributed by atoms with Gasteiger partial charge in [0, 0.05) is 13.0 Å². The Kier molecular flexibility index (Phi) is 3.02. The van der Waals surface area contributed by atoms with Crippen LogP contribution in [0.3, 0.4) is 0 Å². The zero-order valence-electron chi connectivity index (χ0n) is 6.75. The van der Waals surface area contributed by atoms with Gasteiger partial charge in [0.25, 0.3) is 0 Å². The van der Waals surface area contributed by atoms with Gasteiger partial charge in [0.05, 0.1) is 6.10 Å². The second-order valence-corrected chi connectivity index (χ2v) is 3.00. The van der Waals surface area contributed by atoms with Crippen LogP contribution in [0.4, 0.5) is 0 Å². The van der Waals surface area contributed by atoms with E-state index in [2.05, 4.69) is 0 Å². The van der Waals surface area contributed by atoms with E-state index in [9.17, 15) is 9.90 Å². The molecule has 0 spiro atoms. The van der Waals surface area contributed by atoms with Crippen molar-refractivity contribution >= 4 is 5.78 Å². The van der Waals surface area contributed by atoms with Crippen LogP contribution < -0.4 is 0 Å². The van der Waals surface area contributed by atoms with Crippen LogP contribution in [-0.4, -0.2) is 30.7 Å². The summed E-state index contributed by atoms with van der Waals surface area (Å²) in [5.41, 5.74) is 0. The molecule has 1 fully saturated rings. The highest BCUT2D eigenvalue weighted by molar-refractivity contribution is 5.83. The molecule has 1 rings (SSSR count). The minimum absolute atomic E-state index is 0.0394. The van der Waals surface area contributed by atoms with E-state index in [1.54, 1.807) is 0 Å². The molecule has 0 radical (unpaired) electrons. The molecule has 11 heavy (non-hydrogen) atoms. The van der Waals surface area contributed by atoms with Crippen molar-refractivity contribution in [2.45, 2.75) is 25.4 Å². The van der Waals surface area contributed by atoms with Gasteiger partial charge in [-0.1, -0.05) is 6.42 Å². The molecule has 64 valence electrons. The molecule has 1 aliphatic rings. The lowest BCUT2D eigenvalue weighted by atomic mass is 10.0. The third kappa shape index (κ3) is 2.01. The van der Waals surface area contributed by atoms with E-state index < -0.39 is 6.10 Å². The van der Waals surface area contributed by atoms with Crippen molar-refractivity contribution in [3.05, 3.63) is 0 Å². The molecule has 3 heteroatoms. The van der Waals surface area contributed by atoms with E-state index in [-0.39, 0.29) is 18.3 Å². The van der Waals surface area contributed by atoms with Gasteiger partial charge in [0.2, 0.25) is 0 Å². The fourth-order valence-electron chi connectivity index (χ4n) is 1.57. The van der Waals surface area contributed by atoms with Crippen LogP contribution in [0.25, 0.3) is 0 Å². The summed E-state index contributed by atoms with van der Waals surface area (Å²) < 4.78 is 4.70. The fraction of sp³-hybridized carbons (Fsp3) is 0.875. The zero-order valence-corrected chi connectivity index (χ0v) is 6.75. The summed E-state index contributed by atoms with van der Waals surface area (Å²) in [4.78, 5) is 11.2. The summed E-state index contributed by atoms with van der Waals surface area (Å²) in [5, 5.41) is 9.31. The van der Waals surface area contributed by atoms with Gasteiger partial charge in [-0.05, 0) is 12.8 Å². The Morgan fingerprint density at radius 3 is 2.82 bits per heavy atom. The van der Waals surface area contributed by atoms with Crippen LogP contribution in [-0.2, 0) is 9.53 Å². The van der Waals surface area contributed by atoms with E-state index in [0.29, 0.717) is 0 Å². The second-order valence-electron chi connectivity index (χ2n) is 3.00. The fourth-order valence-corrected chi connectivity index (χ4v) is 1.57. The van der Waals surface area contributed by atoms with Crippen molar-refractivity contribution in [1.29, 1.82) is 0 Å². The summed E-state index contributed by atoms with van der Waals surface area (Å²) in [6.07, 6.45) is 2.13. The van der Waals surface area contributed by atoms with Crippen molar-refractivity contribution in [2.24, 2.45) is 5.92 Å². The summed E-state index contributed by atoms with van der Waals surface area (Å²) in [5.74, 6) is -0.118. The lowest BCUT2D eigenvalue weighted by molar-refractivity contribution is -0.129. The minimum Gasteiger partial charge on any atom is -0.392 e. The van der Waals surface area contributed by atoms with Gasteiger partial charge in [-0.2, -0.15) is 0 Å². The number of methoxy groups -OCH3 is 1. The van der Waals surface area contributed by atoms with Crippen LogP contribution in [0.5, 0.6) is 0 Å². The monoisotopic (exact) mass is 158 g/mol. The SMILES string of the molecule is COCC(=O)[C@H]1CCC[C@@H]1O. The first kappa shape index (κ1) is 8.68. The number of ketones is 1. The van der Waals surface area contributed by atoms with Crippen molar-refractivity contribution in [3.8, 4) is 0 Å². The molecule has 1 aliphatic carbocycles. The number of carbonyl (C=O) groups is 1. The smallest absolute Gasteiger partial charge is 0.164 e. The minimum atomic E-state index is -0.419. The first-order valence-electron chi connectivity index (χ1n) is 3.95. The third-order valence-corrected chi connectivity index (χ3v) is 2.18. The second kappa shape index (κ2) is 3.83. The van der Waals surface area contributed by atoms with E-state index in [0.717, 1.165) is 19.3 Å². The highest BCUT2D eigenvalue weighted by atomic mass is 16.5. The Morgan fingerprint density at radius 1 is 1.64 bits per heavy atom. The molecule has 0 aromatic rings. The number of carbonyl (C=O) groups excluding carboxylic acids is 1. The quantitative estimate of drug-likeness (QED) is 0.645. The van der Waals surface area contributed by atoms with Crippen molar-refractivity contribution < 1.29 is 14.6 Å². The standard InChI is InChI=1S/C8H14O3/c1-11-5-8(10)6-3-2-4-7(6)9/h6-7,9H,2-5H2,1H3/t6-,7-/m0/s1. The van der Waals surface area contributed by atoms with Crippen LogP contribution >= 0.6 is 0 Å². The molecule has 0 saturated heterocycles. The average molecular weight is 158 g/mol. The van der Waals surface area contributed by atoms with Crippen LogP contribution in [0.1, 0.15) is 19.3 Å². The van der Waals surface area contributed by atoms with E-state index in [1.807, 2.05) is 0 Å². The molecular formula is C8H14O3. The summed E-state index contributed by atoms with van der Waals surface area (Å²) >= 11 is 0. The van der Waals surface area contributed by atoms with Crippen LogP contribution in [0.15, 0.2) is 0 Å². The van der Waals surface area contributed by atoms with Crippen molar-refractivity contribution in [1.82, 2.24) is 0 Å². The maximum Gasteiger partial charge on any atom is 0.164 e. The Bertz CT molecular complexity index is 144.